The molecule has 1 aliphatic heterocycles. The average Bonchev–Trinajstić information content (AvgIpc) is 3.43. The van der Waals surface area contributed by atoms with Gasteiger partial charge in [0.25, 0.3) is 0 Å². The highest BCUT2D eigenvalue weighted by atomic mass is 16.5. The van der Waals surface area contributed by atoms with Crippen molar-refractivity contribution in [1.29, 1.82) is 0 Å². The minimum absolute atomic E-state index is 0.238. The molecule has 0 saturated carbocycles. The van der Waals surface area contributed by atoms with Crippen LogP contribution in [-0.4, -0.2) is 52.9 Å². The number of hydrogen-bond donors (Lipinski definition) is 2. The Morgan fingerprint density at radius 3 is 2.86 bits per heavy atom. The van der Waals surface area contributed by atoms with Gasteiger partial charge in [0.2, 0.25) is 11.7 Å². The van der Waals surface area contributed by atoms with Gasteiger partial charge < -0.3 is 19.7 Å². The largest absolute Gasteiger partial charge is 0.471 e. The number of aliphatic hydroxyl groups is 2. The minimum atomic E-state index is -0.735. The van der Waals surface area contributed by atoms with Crippen molar-refractivity contribution in [3.63, 3.8) is 0 Å². The normalized spacial score (nSPS) is 22.3. The Kier molecular flexibility index (Phi) is 4.19. The standard InChI is InChI=1S/C19H19N5O4/c25-9-14-13(26)8-15(28-14)24-11-21-16-17(27-10-12-4-2-1-3-5-12)22-19-20-6-7-23(19)18(16)24/h1-7,11,13-15,25-26H,8-10H2/t13-,14+,15+/m0/s1. The van der Waals surface area contributed by atoms with Gasteiger partial charge in [-0.1, -0.05) is 30.3 Å². The molecule has 9 nitrogen and oxygen atoms in total. The monoisotopic (exact) mass is 381 g/mol. The minimum Gasteiger partial charge on any atom is -0.471 e. The van der Waals surface area contributed by atoms with E-state index >= 15 is 0 Å². The van der Waals surface area contributed by atoms with Gasteiger partial charge >= 0.3 is 0 Å². The summed E-state index contributed by atoms with van der Waals surface area (Å²) >= 11 is 0. The molecule has 3 atom stereocenters. The quantitative estimate of drug-likeness (QED) is 0.536. The van der Waals surface area contributed by atoms with Crippen molar-refractivity contribution in [3.8, 4) is 5.88 Å². The van der Waals surface area contributed by atoms with E-state index in [0.29, 0.717) is 35.8 Å². The SMILES string of the molecule is OC[C@H]1O[C@@H](n2cnc3c(OCc4ccccc4)nc4nccn4c32)C[C@@H]1O. The maximum Gasteiger partial charge on any atom is 0.247 e. The van der Waals surface area contributed by atoms with Crippen molar-refractivity contribution in [3.05, 3.63) is 54.6 Å². The number of imidazole rings is 2. The number of rotatable bonds is 5. The van der Waals surface area contributed by atoms with Gasteiger partial charge in [0.15, 0.2) is 11.2 Å². The smallest absolute Gasteiger partial charge is 0.247 e. The van der Waals surface area contributed by atoms with Crippen LogP contribution in [0.4, 0.5) is 0 Å². The molecule has 144 valence electrons. The fourth-order valence-electron chi connectivity index (χ4n) is 3.52. The summed E-state index contributed by atoms with van der Waals surface area (Å²) in [4.78, 5) is 13.3. The molecule has 1 aliphatic rings. The maximum atomic E-state index is 10.1. The molecular formula is C19H19N5O4. The molecule has 0 amide bonds. The summed E-state index contributed by atoms with van der Waals surface area (Å²) in [6, 6.07) is 9.82. The molecule has 0 bridgehead atoms. The first-order valence-corrected chi connectivity index (χ1v) is 9.05. The Labute approximate surface area is 159 Å². The lowest BCUT2D eigenvalue weighted by Crippen LogP contribution is -2.24. The second-order valence-corrected chi connectivity index (χ2v) is 6.73. The highest BCUT2D eigenvalue weighted by Crippen LogP contribution is 2.33. The van der Waals surface area contributed by atoms with E-state index in [9.17, 15) is 10.2 Å². The first-order chi connectivity index (χ1) is 13.7. The Hall–Kier alpha value is -3.01. The molecular weight excluding hydrogens is 362 g/mol. The lowest BCUT2D eigenvalue weighted by Gasteiger charge is -2.15. The second kappa shape index (κ2) is 6.86. The van der Waals surface area contributed by atoms with Gasteiger partial charge in [-0.2, -0.15) is 4.98 Å². The van der Waals surface area contributed by atoms with Gasteiger partial charge in [0, 0.05) is 18.8 Å². The van der Waals surface area contributed by atoms with E-state index in [1.807, 2.05) is 34.9 Å². The Morgan fingerprint density at radius 1 is 1.21 bits per heavy atom. The van der Waals surface area contributed by atoms with Crippen LogP contribution >= 0.6 is 0 Å². The molecule has 5 rings (SSSR count). The van der Waals surface area contributed by atoms with Gasteiger partial charge in [-0.25, -0.2) is 9.97 Å². The molecule has 2 N–H and O–H groups in total. The van der Waals surface area contributed by atoms with Crippen LogP contribution < -0.4 is 4.74 Å². The van der Waals surface area contributed by atoms with Crippen molar-refractivity contribution in [1.82, 2.24) is 23.9 Å². The lowest BCUT2D eigenvalue weighted by atomic mass is 10.2. The zero-order valence-corrected chi connectivity index (χ0v) is 14.9. The number of hydrogen-bond acceptors (Lipinski definition) is 7. The third kappa shape index (κ3) is 2.80. The van der Waals surface area contributed by atoms with E-state index in [1.165, 1.54) is 0 Å². The van der Waals surface area contributed by atoms with Crippen LogP contribution in [0.2, 0.25) is 0 Å². The molecule has 4 heterocycles. The fourth-order valence-corrected chi connectivity index (χ4v) is 3.52. The molecule has 28 heavy (non-hydrogen) atoms. The third-order valence-electron chi connectivity index (χ3n) is 4.93. The van der Waals surface area contributed by atoms with Crippen molar-refractivity contribution in [2.24, 2.45) is 0 Å². The van der Waals surface area contributed by atoms with Crippen molar-refractivity contribution < 1.29 is 19.7 Å². The molecule has 4 aromatic rings. The number of ether oxygens (including phenoxy) is 2. The van der Waals surface area contributed by atoms with Crippen LogP contribution in [-0.2, 0) is 11.3 Å². The van der Waals surface area contributed by atoms with Crippen molar-refractivity contribution >= 4 is 16.9 Å². The van der Waals surface area contributed by atoms with Crippen LogP contribution in [0.5, 0.6) is 5.88 Å². The van der Waals surface area contributed by atoms with Crippen molar-refractivity contribution in [2.45, 2.75) is 31.5 Å². The topological polar surface area (TPSA) is 107 Å². The van der Waals surface area contributed by atoms with E-state index in [0.717, 1.165) is 5.56 Å². The van der Waals surface area contributed by atoms with Crippen LogP contribution in [0, 0.1) is 0 Å². The molecule has 0 radical (unpaired) electrons. The van der Waals surface area contributed by atoms with E-state index in [4.69, 9.17) is 9.47 Å². The molecule has 1 fully saturated rings. The van der Waals surface area contributed by atoms with Crippen molar-refractivity contribution in [2.75, 3.05) is 6.61 Å². The molecule has 0 spiro atoms. The number of nitrogens with zero attached hydrogens (tertiary/aromatic N) is 5. The van der Waals surface area contributed by atoms with Crippen LogP contribution in [0.15, 0.2) is 49.1 Å². The molecule has 0 aliphatic carbocycles. The zero-order chi connectivity index (χ0) is 19.1. The highest BCUT2D eigenvalue weighted by molar-refractivity contribution is 5.79. The van der Waals surface area contributed by atoms with E-state index in [2.05, 4.69) is 15.0 Å². The molecule has 0 unspecified atom stereocenters. The summed E-state index contributed by atoms with van der Waals surface area (Å²) in [5, 5.41) is 19.5. The lowest BCUT2D eigenvalue weighted by molar-refractivity contribution is -0.0432. The maximum absolute atomic E-state index is 10.1. The summed E-state index contributed by atoms with van der Waals surface area (Å²) in [5.74, 6) is 0.864. The van der Waals surface area contributed by atoms with Crippen LogP contribution in [0.1, 0.15) is 18.2 Å². The van der Waals surface area contributed by atoms with E-state index in [1.54, 1.807) is 23.1 Å². The van der Waals surface area contributed by atoms with Gasteiger partial charge in [-0.3, -0.25) is 8.97 Å². The fraction of sp³-hybridized carbons (Fsp3) is 0.316. The van der Waals surface area contributed by atoms with Crippen LogP contribution in [0.3, 0.4) is 0 Å². The molecule has 1 aromatic carbocycles. The number of aliphatic hydroxyl groups excluding tert-OH is 2. The molecule has 1 saturated heterocycles. The van der Waals surface area contributed by atoms with Gasteiger partial charge in [0.05, 0.1) is 19.0 Å². The predicted molar refractivity (Wildman–Crippen MR) is 98.7 cm³/mol. The summed E-state index contributed by atoms with van der Waals surface area (Å²) in [6.07, 6.45) is 3.64. The molecule has 9 heteroatoms. The summed E-state index contributed by atoms with van der Waals surface area (Å²) < 4.78 is 15.4. The van der Waals surface area contributed by atoms with Gasteiger partial charge in [0.1, 0.15) is 18.9 Å². The number of fused-ring (bicyclic) bond motifs is 3. The van der Waals surface area contributed by atoms with Gasteiger partial charge in [-0.05, 0) is 5.56 Å². The second-order valence-electron chi connectivity index (χ2n) is 6.73. The summed E-state index contributed by atoms with van der Waals surface area (Å²) in [7, 11) is 0. The Morgan fingerprint density at radius 2 is 2.07 bits per heavy atom. The Bertz CT molecular complexity index is 1110. The average molecular weight is 381 g/mol. The summed E-state index contributed by atoms with van der Waals surface area (Å²) in [5.41, 5.74) is 2.31. The Balaban J connectivity index is 1.56. The summed E-state index contributed by atoms with van der Waals surface area (Å²) in [6.45, 7) is 0.121. The molecule has 3 aromatic heterocycles. The van der Waals surface area contributed by atoms with E-state index < -0.39 is 18.4 Å². The van der Waals surface area contributed by atoms with Gasteiger partial charge in [-0.15, -0.1) is 0 Å². The highest BCUT2D eigenvalue weighted by Gasteiger charge is 2.35. The number of aromatic nitrogens is 5. The third-order valence-corrected chi connectivity index (χ3v) is 4.93. The predicted octanol–water partition coefficient (Wildman–Crippen LogP) is 1.30. The van der Waals surface area contributed by atoms with E-state index in [-0.39, 0.29) is 6.61 Å². The van der Waals surface area contributed by atoms with Crippen LogP contribution in [0.25, 0.3) is 16.9 Å². The first kappa shape index (κ1) is 17.1. The zero-order valence-electron chi connectivity index (χ0n) is 14.9. The number of benzene rings is 1. The first-order valence-electron chi connectivity index (χ1n) is 9.05.